The van der Waals surface area contributed by atoms with Crippen molar-refractivity contribution in [2.45, 2.75) is 45.6 Å². The van der Waals surface area contributed by atoms with Crippen LogP contribution in [-0.4, -0.2) is 18.5 Å². The molecule has 4 heteroatoms. The van der Waals surface area contributed by atoms with Gasteiger partial charge in [0.15, 0.2) is 0 Å². The smallest absolute Gasteiger partial charge is 0.241 e. The summed E-state index contributed by atoms with van der Waals surface area (Å²) in [6.07, 6.45) is 4.43. The topological polar surface area (TPSA) is 41.1 Å². The molecule has 0 bridgehead atoms. The van der Waals surface area contributed by atoms with Crippen molar-refractivity contribution < 1.29 is 4.79 Å². The summed E-state index contributed by atoms with van der Waals surface area (Å²) in [6.45, 7) is 5.01. The van der Waals surface area contributed by atoms with E-state index in [4.69, 9.17) is 0 Å². The Balaban J connectivity index is 2.10. The first kappa shape index (κ1) is 14.5. The van der Waals surface area contributed by atoms with Gasteiger partial charge in [0.1, 0.15) is 0 Å². The number of aryl methyl sites for hydroxylation is 2. The zero-order valence-corrected chi connectivity index (χ0v) is 13.1. The van der Waals surface area contributed by atoms with Crippen LogP contribution < -0.4 is 10.6 Å². The van der Waals surface area contributed by atoms with E-state index in [1.165, 1.54) is 12.0 Å². The molecule has 1 unspecified atom stereocenters. The van der Waals surface area contributed by atoms with E-state index in [0.717, 1.165) is 41.5 Å². The lowest BCUT2D eigenvalue weighted by atomic mass is 10.1. The van der Waals surface area contributed by atoms with Crippen molar-refractivity contribution in [2.75, 3.05) is 11.9 Å². The molecule has 0 aromatic heterocycles. The largest absolute Gasteiger partial charge is 0.323 e. The number of carbonyl (C=O) groups excluding carboxylic acids is 1. The number of hydrogen-bond donors (Lipinski definition) is 2. The maximum Gasteiger partial charge on any atom is 0.241 e. The van der Waals surface area contributed by atoms with E-state index < -0.39 is 0 Å². The van der Waals surface area contributed by atoms with Crippen molar-refractivity contribution in [2.24, 2.45) is 0 Å². The number of hydrogen-bond acceptors (Lipinski definition) is 2. The van der Waals surface area contributed by atoms with E-state index in [0.29, 0.717) is 0 Å². The summed E-state index contributed by atoms with van der Waals surface area (Å²) >= 11 is 3.53. The second-order valence-electron chi connectivity index (χ2n) is 5.28. The highest BCUT2D eigenvalue weighted by molar-refractivity contribution is 9.10. The van der Waals surface area contributed by atoms with Gasteiger partial charge in [0.05, 0.1) is 11.7 Å². The summed E-state index contributed by atoms with van der Waals surface area (Å²) in [7, 11) is 0. The Kier molecular flexibility index (Phi) is 4.99. The van der Waals surface area contributed by atoms with Gasteiger partial charge in [-0.25, -0.2) is 0 Å². The molecule has 104 valence electrons. The summed E-state index contributed by atoms with van der Waals surface area (Å²) in [5.74, 6) is 0.0783. The summed E-state index contributed by atoms with van der Waals surface area (Å²) < 4.78 is 0.951. The van der Waals surface area contributed by atoms with Crippen LogP contribution in [0.25, 0.3) is 0 Å². The zero-order valence-electron chi connectivity index (χ0n) is 11.6. The summed E-state index contributed by atoms with van der Waals surface area (Å²) in [4.78, 5) is 12.3. The fraction of sp³-hybridized carbons (Fsp3) is 0.533. The molecule has 1 aromatic carbocycles. The van der Waals surface area contributed by atoms with Crippen molar-refractivity contribution in [3.63, 3.8) is 0 Å². The molecule has 0 radical (unpaired) electrons. The molecular weight excluding hydrogens is 304 g/mol. The Morgan fingerprint density at radius 3 is 2.84 bits per heavy atom. The number of benzene rings is 1. The van der Waals surface area contributed by atoms with E-state index >= 15 is 0 Å². The number of rotatable bonds is 2. The molecule has 0 spiro atoms. The minimum absolute atomic E-state index is 0.0601. The van der Waals surface area contributed by atoms with Gasteiger partial charge >= 0.3 is 0 Å². The monoisotopic (exact) mass is 324 g/mol. The minimum Gasteiger partial charge on any atom is -0.323 e. The Hall–Kier alpha value is -0.870. The van der Waals surface area contributed by atoms with E-state index in [9.17, 15) is 4.79 Å². The first-order valence-corrected chi connectivity index (χ1v) is 7.68. The molecular formula is C15H21BrN2O. The van der Waals surface area contributed by atoms with Crippen LogP contribution in [-0.2, 0) is 4.79 Å². The molecule has 1 heterocycles. The second kappa shape index (κ2) is 6.53. The van der Waals surface area contributed by atoms with Gasteiger partial charge in [-0.1, -0.05) is 18.9 Å². The molecule has 0 saturated carbocycles. The molecule has 19 heavy (non-hydrogen) atoms. The van der Waals surface area contributed by atoms with Crippen LogP contribution in [0.15, 0.2) is 16.6 Å². The molecule has 1 aromatic rings. The highest BCUT2D eigenvalue weighted by Gasteiger charge is 2.20. The highest BCUT2D eigenvalue weighted by Crippen LogP contribution is 2.28. The lowest BCUT2D eigenvalue weighted by Gasteiger charge is -2.18. The lowest BCUT2D eigenvalue weighted by Crippen LogP contribution is -2.40. The molecule has 2 N–H and O–H groups in total. The number of carbonyl (C=O) groups is 1. The Bertz CT molecular complexity index is 442. The SMILES string of the molecule is Cc1cc(C)c(NC(=O)C2CCCCCN2)c(Br)c1. The normalized spacial score (nSPS) is 19.8. The van der Waals surface area contributed by atoms with Crippen LogP contribution >= 0.6 is 15.9 Å². The van der Waals surface area contributed by atoms with Crippen molar-refractivity contribution in [3.8, 4) is 0 Å². The van der Waals surface area contributed by atoms with E-state index in [1.807, 2.05) is 13.0 Å². The average Bonchev–Trinajstić information content (AvgIpc) is 2.62. The highest BCUT2D eigenvalue weighted by atomic mass is 79.9. The van der Waals surface area contributed by atoms with E-state index in [-0.39, 0.29) is 11.9 Å². The third-order valence-electron chi connectivity index (χ3n) is 3.56. The van der Waals surface area contributed by atoms with Crippen LogP contribution in [0, 0.1) is 13.8 Å². The Morgan fingerprint density at radius 2 is 2.11 bits per heavy atom. The summed E-state index contributed by atoms with van der Waals surface area (Å²) in [5.41, 5.74) is 3.17. The van der Waals surface area contributed by atoms with Crippen LogP contribution in [0.4, 0.5) is 5.69 Å². The number of nitrogens with one attached hydrogen (secondary N) is 2. The van der Waals surface area contributed by atoms with Gasteiger partial charge in [-0.3, -0.25) is 4.79 Å². The van der Waals surface area contributed by atoms with Gasteiger partial charge in [-0.2, -0.15) is 0 Å². The maximum atomic E-state index is 12.3. The molecule has 2 rings (SSSR count). The molecule has 1 aliphatic heterocycles. The molecule has 1 amide bonds. The van der Waals surface area contributed by atoms with Crippen molar-refractivity contribution in [1.29, 1.82) is 0 Å². The van der Waals surface area contributed by atoms with Gasteiger partial charge in [0.25, 0.3) is 0 Å². The first-order chi connectivity index (χ1) is 9.08. The van der Waals surface area contributed by atoms with Crippen LogP contribution in [0.2, 0.25) is 0 Å². The standard InChI is InChI=1S/C15H21BrN2O/c1-10-8-11(2)14(12(16)9-10)18-15(19)13-6-4-3-5-7-17-13/h8-9,13,17H,3-7H2,1-2H3,(H,18,19). The van der Waals surface area contributed by atoms with Crippen molar-refractivity contribution in [1.82, 2.24) is 5.32 Å². The molecule has 1 aliphatic rings. The number of anilines is 1. The predicted octanol–water partition coefficient (Wildman–Crippen LogP) is 3.54. The zero-order chi connectivity index (χ0) is 13.8. The lowest BCUT2D eigenvalue weighted by molar-refractivity contribution is -0.118. The first-order valence-electron chi connectivity index (χ1n) is 6.89. The van der Waals surface area contributed by atoms with Crippen molar-refractivity contribution >= 4 is 27.5 Å². The third kappa shape index (κ3) is 3.80. The maximum absolute atomic E-state index is 12.3. The molecule has 1 saturated heterocycles. The fourth-order valence-corrected chi connectivity index (χ4v) is 3.31. The number of amides is 1. The predicted molar refractivity (Wildman–Crippen MR) is 82.5 cm³/mol. The van der Waals surface area contributed by atoms with Gasteiger partial charge < -0.3 is 10.6 Å². The van der Waals surface area contributed by atoms with Gasteiger partial charge in [0, 0.05) is 4.47 Å². The Morgan fingerprint density at radius 1 is 1.32 bits per heavy atom. The quantitative estimate of drug-likeness (QED) is 0.873. The summed E-state index contributed by atoms with van der Waals surface area (Å²) in [5, 5.41) is 6.38. The van der Waals surface area contributed by atoms with E-state index in [1.54, 1.807) is 0 Å². The van der Waals surface area contributed by atoms with Gasteiger partial charge in [-0.05, 0) is 66.4 Å². The van der Waals surface area contributed by atoms with Gasteiger partial charge in [0.2, 0.25) is 5.91 Å². The second-order valence-corrected chi connectivity index (χ2v) is 6.14. The van der Waals surface area contributed by atoms with Crippen LogP contribution in [0.5, 0.6) is 0 Å². The average molecular weight is 325 g/mol. The molecule has 1 fully saturated rings. The number of halogens is 1. The molecule has 1 atom stereocenters. The third-order valence-corrected chi connectivity index (χ3v) is 4.18. The van der Waals surface area contributed by atoms with Crippen LogP contribution in [0.3, 0.4) is 0 Å². The van der Waals surface area contributed by atoms with Crippen LogP contribution in [0.1, 0.15) is 36.8 Å². The van der Waals surface area contributed by atoms with Crippen molar-refractivity contribution in [3.05, 3.63) is 27.7 Å². The molecule has 0 aliphatic carbocycles. The molecule has 3 nitrogen and oxygen atoms in total. The van der Waals surface area contributed by atoms with E-state index in [2.05, 4.69) is 39.6 Å². The Labute approximate surface area is 123 Å². The van der Waals surface area contributed by atoms with Gasteiger partial charge in [-0.15, -0.1) is 0 Å². The minimum atomic E-state index is -0.0601. The summed E-state index contributed by atoms with van der Waals surface area (Å²) in [6, 6.07) is 4.06. The fourth-order valence-electron chi connectivity index (χ4n) is 2.54.